The molecule has 0 aliphatic carbocycles. The number of fused-ring (bicyclic) bond motifs is 2. The fourth-order valence-electron chi connectivity index (χ4n) is 2.88. The molecule has 2 heterocycles. The molecule has 2 aromatic heterocycles. The van der Waals surface area contributed by atoms with Gasteiger partial charge in [0.2, 0.25) is 0 Å². The molecular weight excluding hydrogens is 350 g/mol. The number of aromatic hydroxyl groups is 1. The summed E-state index contributed by atoms with van der Waals surface area (Å²) in [5, 5.41) is 11.1. The molecule has 0 fully saturated rings. The first-order valence-corrected chi connectivity index (χ1v) is 8.06. The van der Waals surface area contributed by atoms with Gasteiger partial charge in [0.1, 0.15) is 23.6 Å². The van der Waals surface area contributed by atoms with E-state index in [1.165, 1.54) is 24.3 Å². The van der Waals surface area contributed by atoms with E-state index < -0.39 is 11.6 Å². The number of carbonyl (C=O) groups is 1. The molecule has 0 aliphatic heterocycles. The number of rotatable bonds is 3. The van der Waals surface area contributed by atoms with E-state index in [9.17, 15) is 19.5 Å². The summed E-state index contributed by atoms with van der Waals surface area (Å²) in [6, 6.07) is 14.0. The number of phenols is 1. The van der Waals surface area contributed by atoms with Crippen LogP contribution in [0.5, 0.6) is 5.75 Å². The summed E-state index contributed by atoms with van der Waals surface area (Å²) in [5.74, 6) is -0.772. The second-order valence-corrected chi connectivity index (χ2v) is 5.95. The fourth-order valence-corrected chi connectivity index (χ4v) is 2.88. The van der Waals surface area contributed by atoms with Crippen molar-refractivity contribution in [3.63, 3.8) is 0 Å². The van der Waals surface area contributed by atoms with Crippen LogP contribution in [0.4, 0.5) is 0 Å². The summed E-state index contributed by atoms with van der Waals surface area (Å²) in [6.45, 7) is -0.194. The van der Waals surface area contributed by atoms with E-state index >= 15 is 0 Å². The van der Waals surface area contributed by atoms with Crippen molar-refractivity contribution in [3.8, 4) is 5.75 Å². The Balaban J connectivity index is 1.64. The van der Waals surface area contributed by atoms with Gasteiger partial charge in [-0.05, 0) is 29.7 Å². The standard InChI is InChI=1S/C20H13NO6/c22-13-5-6-14-12(8-18(23)27-17(14)9-13)10-26-20(25)16-7-11-3-1-2-4-15(11)19(24)21-16/h1-9,22H,10H2,(H,21,24). The molecule has 4 aromatic rings. The molecular formula is C20H13NO6. The summed E-state index contributed by atoms with van der Waals surface area (Å²) >= 11 is 0. The third-order valence-corrected chi connectivity index (χ3v) is 4.15. The first-order chi connectivity index (χ1) is 13.0. The van der Waals surface area contributed by atoms with Gasteiger partial charge in [0, 0.05) is 28.5 Å². The summed E-state index contributed by atoms with van der Waals surface area (Å²) in [7, 11) is 0. The monoisotopic (exact) mass is 363 g/mol. The summed E-state index contributed by atoms with van der Waals surface area (Å²) in [5.41, 5.74) is -0.381. The number of carbonyl (C=O) groups excluding carboxylic acids is 1. The Morgan fingerprint density at radius 1 is 1.04 bits per heavy atom. The predicted molar refractivity (Wildman–Crippen MR) is 97.8 cm³/mol. The third kappa shape index (κ3) is 3.18. The predicted octanol–water partition coefficient (Wildman–Crippen LogP) is 2.70. The Labute approximate surface area is 151 Å². The number of hydrogen-bond acceptors (Lipinski definition) is 6. The Morgan fingerprint density at radius 3 is 2.70 bits per heavy atom. The van der Waals surface area contributed by atoms with E-state index in [1.54, 1.807) is 30.3 Å². The van der Waals surface area contributed by atoms with Gasteiger partial charge in [-0.15, -0.1) is 0 Å². The Hall–Kier alpha value is -3.87. The van der Waals surface area contributed by atoms with Gasteiger partial charge in [0.25, 0.3) is 5.56 Å². The maximum Gasteiger partial charge on any atom is 0.355 e. The molecule has 0 saturated carbocycles. The van der Waals surface area contributed by atoms with Crippen LogP contribution in [0, 0.1) is 0 Å². The van der Waals surface area contributed by atoms with Gasteiger partial charge in [-0.25, -0.2) is 9.59 Å². The van der Waals surface area contributed by atoms with Crippen LogP contribution in [0.2, 0.25) is 0 Å². The van der Waals surface area contributed by atoms with Gasteiger partial charge < -0.3 is 19.2 Å². The number of H-pyrrole nitrogens is 1. The Kier molecular flexibility index (Phi) is 3.97. The van der Waals surface area contributed by atoms with Crippen molar-refractivity contribution in [2.75, 3.05) is 0 Å². The van der Waals surface area contributed by atoms with Crippen molar-refractivity contribution in [2.24, 2.45) is 0 Å². The number of aromatic amines is 1. The van der Waals surface area contributed by atoms with E-state index in [0.29, 0.717) is 21.7 Å². The summed E-state index contributed by atoms with van der Waals surface area (Å²) in [6.07, 6.45) is 0. The molecule has 0 aliphatic rings. The number of ether oxygens (including phenoxy) is 1. The Bertz CT molecular complexity index is 1300. The summed E-state index contributed by atoms with van der Waals surface area (Å²) < 4.78 is 10.3. The minimum atomic E-state index is -0.724. The SMILES string of the molecule is O=C(OCc1cc(=O)oc2cc(O)ccc12)c1cc2ccccc2c(=O)[nH]1. The molecule has 0 atom stereocenters. The molecule has 0 bridgehead atoms. The van der Waals surface area contributed by atoms with Gasteiger partial charge in [-0.3, -0.25) is 4.79 Å². The minimum absolute atomic E-state index is 0.0172. The van der Waals surface area contributed by atoms with Crippen LogP contribution in [0.15, 0.2) is 68.6 Å². The van der Waals surface area contributed by atoms with Crippen LogP contribution < -0.4 is 11.2 Å². The van der Waals surface area contributed by atoms with Gasteiger partial charge in [0.05, 0.1) is 0 Å². The highest BCUT2D eigenvalue weighted by Gasteiger charge is 2.13. The maximum absolute atomic E-state index is 12.4. The quantitative estimate of drug-likeness (QED) is 0.428. The second-order valence-electron chi connectivity index (χ2n) is 5.95. The number of benzene rings is 2. The lowest BCUT2D eigenvalue weighted by atomic mass is 10.1. The number of phenolic OH excluding ortho intramolecular Hbond substituents is 1. The van der Waals surface area contributed by atoms with Crippen molar-refractivity contribution in [3.05, 3.63) is 86.6 Å². The van der Waals surface area contributed by atoms with E-state index in [0.717, 1.165) is 0 Å². The van der Waals surface area contributed by atoms with Crippen molar-refractivity contribution in [2.45, 2.75) is 6.61 Å². The highest BCUT2D eigenvalue weighted by Crippen LogP contribution is 2.22. The average Bonchev–Trinajstić information content (AvgIpc) is 2.65. The number of pyridine rings is 1. The Morgan fingerprint density at radius 2 is 1.85 bits per heavy atom. The van der Waals surface area contributed by atoms with E-state index in [-0.39, 0.29) is 29.2 Å². The fraction of sp³-hybridized carbons (Fsp3) is 0.0500. The molecule has 4 rings (SSSR count). The molecule has 0 unspecified atom stereocenters. The maximum atomic E-state index is 12.4. The molecule has 7 heteroatoms. The lowest BCUT2D eigenvalue weighted by molar-refractivity contribution is 0.0466. The van der Waals surface area contributed by atoms with Crippen LogP contribution in [-0.4, -0.2) is 16.1 Å². The van der Waals surface area contributed by atoms with Gasteiger partial charge in [-0.2, -0.15) is 0 Å². The summed E-state index contributed by atoms with van der Waals surface area (Å²) in [4.78, 5) is 38.6. The van der Waals surface area contributed by atoms with E-state index in [4.69, 9.17) is 9.15 Å². The molecule has 134 valence electrons. The molecule has 2 aromatic carbocycles. The van der Waals surface area contributed by atoms with E-state index in [1.807, 2.05) is 0 Å². The molecule has 27 heavy (non-hydrogen) atoms. The smallest absolute Gasteiger partial charge is 0.355 e. The zero-order chi connectivity index (χ0) is 19.0. The molecule has 0 radical (unpaired) electrons. The first-order valence-electron chi connectivity index (χ1n) is 8.06. The molecule has 0 amide bonds. The van der Waals surface area contributed by atoms with Crippen LogP contribution >= 0.6 is 0 Å². The molecule has 7 nitrogen and oxygen atoms in total. The van der Waals surface area contributed by atoms with Crippen LogP contribution in [-0.2, 0) is 11.3 Å². The first kappa shape index (κ1) is 16.6. The van der Waals surface area contributed by atoms with E-state index in [2.05, 4.69) is 4.98 Å². The molecule has 0 spiro atoms. The van der Waals surface area contributed by atoms with Crippen LogP contribution in [0.25, 0.3) is 21.7 Å². The lowest BCUT2D eigenvalue weighted by Gasteiger charge is -2.08. The largest absolute Gasteiger partial charge is 0.508 e. The zero-order valence-corrected chi connectivity index (χ0v) is 13.9. The number of esters is 1. The highest BCUT2D eigenvalue weighted by atomic mass is 16.5. The minimum Gasteiger partial charge on any atom is -0.508 e. The van der Waals surface area contributed by atoms with Gasteiger partial charge in [0.15, 0.2) is 0 Å². The van der Waals surface area contributed by atoms with Crippen LogP contribution in [0.1, 0.15) is 16.1 Å². The van der Waals surface area contributed by atoms with Crippen molar-refractivity contribution < 1.29 is 19.1 Å². The average molecular weight is 363 g/mol. The van der Waals surface area contributed by atoms with Crippen molar-refractivity contribution in [1.29, 1.82) is 0 Å². The lowest BCUT2D eigenvalue weighted by Crippen LogP contribution is -2.15. The topological polar surface area (TPSA) is 110 Å². The zero-order valence-electron chi connectivity index (χ0n) is 13.9. The van der Waals surface area contributed by atoms with Gasteiger partial charge in [-0.1, -0.05) is 18.2 Å². The number of nitrogens with one attached hydrogen (secondary N) is 1. The van der Waals surface area contributed by atoms with Crippen LogP contribution in [0.3, 0.4) is 0 Å². The highest BCUT2D eigenvalue weighted by molar-refractivity contribution is 5.93. The second kappa shape index (κ2) is 6.45. The number of hydrogen-bond donors (Lipinski definition) is 2. The van der Waals surface area contributed by atoms with Crippen molar-refractivity contribution in [1.82, 2.24) is 4.98 Å². The number of aromatic nitrogens is 1. The third-order valence-electron chi connectivity index (χ3n) is 4.15. The molecule has 2 N–H and O–H groups in total. The molecule has 0 saturated heterocycles. The normalized spacial score (nSPS) is 11.0. The van der Waals surface area contributed by atoms with Gasteiger partial charge >= 0.3 is 11.6 Å². The van der Waals surface area contributed by atoms with Crippen molar-refractivity contribution >= 4 is 27.7 Å².